The molecule has 55 heavy (non-hydrogen) atoms. The van der Waals surface area contributed by atoms with Crippen molar-refractivity contribution in [3.8, 4) is 0 Å². The van der Waals surface area contributed by atoms with E-state index in [-0.39, 0.29) is 39.2 Å². The van der Waals surface area contributed by atoms with Gasteiger partial charge < -0.3 is 99.1 Å². The molecule has 0 unspecified atom stereocenters. The maximum atomic E-state index is 12.2. The first-order valence-corrected chi connectivity index (χ1v) is 17.2. The lowest BCUT2D eigenvalue weighted by Gasteiger charge is -2.46. The number of nitrogens with zero attached hydrogens (tertiary/aromatic N) is 1. The second-order valence-corrected chi connectivity index (χ2v) is 12.7. The maximum absolute atomic E-state index is 12.2. The highest BCUT2D eigenvalue weighted by atomic mass is 16.8. The van der Waals surface area contributed by atoms with E-state index in [9.17, 15) is 70.2 Å². The van der Waals surface area contributed by atoms with E-state index < -0.39 is 149 Å². The van der Waals surface area contributed by atoms with E-state index in [0.717, 1.165) is 0 Å². The van der Waals surface area contributed by atoms with Gasteiger partial charge in [-0.05, 0) is 0 Å². The van der Waals surface area contributed by atoms with E-state index in [4.69, 9.17) is 37.9 Å². The first kappa shape index (κ1) is 45.1. The molecule has 4 aliphatic rings. The molecule has 3 amide bonds. The average Bonchev–Trinajstić information content (AvgIpc) is 3.48. The number of carbonyl (C=O) groups excluding carboxylic acids is 4. The number of rotatable bonds is 19. The predicted octanol–water partition coefficient (Wildman–Crippen LogP) is -8.79. The zero-order chi connectivity index (χ0) is 40.4. The Balaban J connectivity index is 1.26. The normalized spacial score (nSPS) is 38.3. The SMILES string of the molecule is O=C(COCCOCC(=O)ON1C(=O)CCC1=O)NCCO[C@@H]1O[C@H](CO[C@H]2O[C@H](CO)[C@@H](O)[C@H](O)[C@@H]2O)[C@@H](O)[C@H](O[C@H]2O[C@H](CO)[C@@H](O)[C@H](O)[C@@H]2O)[C@@H]1O. The molecule has 4 saturated heterocycles. The Morgan fingerprint density at radius 1 is 0.636 bits per heavy atom. The Morgan fingerprint density at radius 2 is 1.16 bits per heavy atom. The van der Waals surface area contributed by atoms with Crippen LogP contribution in [0.15, 0.2) is 0 Å². The lowest BCUT2D eigenvalue weighted by atomic mass is 9.96. The third kappa shape index (κ3) is 11.7. The molecule has 0 bridgehead atoms. The van der Waals surface area contributed by atoms with Gasteiger partial charge in [-0.25, -0.2) is 4.79 Å². The predicted molar refractivity (Wildman–Crippen MR) is 167 cm³/mol. The molecule has 0 radical (unpaired) electrons. The minimum atomic E-state index is -1.93. The van der Waals surface area contributed by atoms with E-state index in [2.05, 4.69) is 10.2 Å². The highest BCUT2D eigenvalue weighted by molar-refractivity contribution is 6.01. The van der Waals surface area contributed by atoms with Gasteiger partial charge in [-0.15, -0.1) is 5.06 Å². The smallest absolute Gasteiger partial charge is 0.358 e. The van der Waals surface area contributed by atoms with E-state index in [0.29, 0.717) is 5.06 Å². The Bertz CT molecular complexity index is 1250. The summed E-state index contributed by atoms with van der Waals surface area (Å²) in [7, 11) is 0. The second kappa shape index (κ2) is 21.2. The van der Waals surface area contributed by atoms with Crippen LogP contribution in [-0.4, -0.2) is 231 Å². The largest absolute Gasteiger partial charge is 0.394 e. The molecule has 4 fully saturated rings. The fourth-order valence-corrected chi connectivity index (χ4v) is 5.71. The van der Waals surface area contributed by atoms with Crippen LogP contribution in [0.25, 0.3) is 0 Å². The third-order valence-electron chi connectivity index (χ3n) is 8.79. The van der Waals surface area contributed by atoms with Crippen molar-refractivity contribution < 1.29 is 113 Å². The number of amides is 3. The van der Waals surface area contributed by atoms with Gasteiger partial charge in [0.1, 0.15) is 86.5 Å². The first-order chi connectivity index (χ1) is 26.2. The van der Waals surface area contributed by atoms with Crippen molar-refractivity contribution in [1.29, 1.82) is 0 Å². The maximum Gasteiger partial charge on any atom is 0.358 e. The standard InChI is InChI=1S/C30H48N2O23/c33-7-12-19(39)22(42)24(44)28(51-12)50-9-14-21(41)27(54-30-25(45)23(43)20(40)13(8-34)52-30)26(46)29(53-14)49-4-3-31-15(35)10-47-5-6-48-11-18(38)55-32-16(36)1-2-17(32)37/h12-14,19-30,33-34,39-46H,1-11H2,(H,31,35)/t12-,13-,14-,19-,20-,21-,22+,23+,24+,25+,26+,27+,28+,29-,30-/m1/s1. The van der Waals surface area contributed by atoms with Crippen LogP contribution in [0.1, 0.15) is 12.8 Å². The van der Waals surface area contributed by atoms with E-state index in [1.807, 2.05) is 0 Å². The number of ether oxygens (including phenoxy) is 8. The fourth-order valence-electron chi connectivity index (χ4n) is 5.71. The van der Waals surface area contributed by atoms with Gasteiger partial charge in [-0.2, -0.15) is 0 Å². The number of carbonyl (C=O) groups is 4. The fraction of sp³-hybridized carbons (Fsp3) is 0.867. The molecular formula is C30H48N2O23. The highest BCUT2D eigenvalue weighted by Gasteiger charge is 2.52. The van der Waals surface area contributed by atoms with Crippen LogP contribution in [0.2, 0.25) is 0 Å². The Hall–Kier alpha value is -2.64. The van der Waals surface area contributed by atoms with Crippen LogP contribution in [0, 0.1) is 0 Å². The molecule has 11 N–H and O–H groups in total. The summed E-state index contributed by atoms with van der Waals surface area (Å²) in [6, 6.07) is 0. The molecule has 4 rings (SSSR count). The number of hydrogen-bond acceptors (Lipinski definition) is 23. The van der Waals surface area contributed by atoms with Gasteiger partial charge >= 0.3 is 5.97 Å². The van der Waals surface area contributed by atoms with Crippen LogP contribution in [-0.2, 0) is 61.9 Å². The van der Waals surface area contributed by atoms with Crippen LogP contribution in [0.4, 0.5) is 0 Å². The molecule has 0 aromatic carbocycles. The molecule has 25 heteroatoms. The number of imide groups is 1. The van der Waals surface area contributed by atoms with Crippen molar-refractivity contribution in [2.75, 3.05) is 59.4 Å². The molecule has 0 spiro atoms. The van der Waals surface area contributed by atoms with Crippen molar-refractivity contribution in [2.45, 2.75) is 105 Å². The van der Waals surface area contributed by atoms with Crippen molar-refractivity contribution >= 4 is 23.7 Å². The number of hydroxylamine groups is 2. The van der Waals surface area contributed by atoms with E-state index in [1.165, 1.54) is 0 Å². The summed E-state index contributed by atoms with van der Waals surface area (Å²) in [4.78, 5) is 51.5. The molecule has 0 saturated carbocycles. The summed E-state index contributed by atoms with van der Waals surface area (Å²) in [6.07, 6.45) is -25.8. The molecule has 25 nitrogen and oxygen atoms in total. The topological polar surface area (TPSA) is 369 Å². The van der Waals surface area contributed by atoms with Gasteiger partial charge in [-0.1, -0.05) is 0 Å². The minimum absolute atomic E-state index is 0.0631. The van der Waals surface area contributed by atoms with Crippen LogP contribution >= 0.6 is 0 Å². The summed E-state index contributed by atoms with van der Waals surface area (Å²) < 4.78 is 43.1. The zero-order valence-corrected chi connectivity index (χ0v) is 29.2. The summed E-state index contributed by atoms with van der Waals surface area (Å²) in [5.74, 6) is -2.90. The molecule has 4 aliphatic heterocycles. The van der Waals surface area contributed by atoms with Crippen LogP contribution in [0.5, 0.6) is 0 Å². The molecular weight excluding hydrogens is 756 g/mol. The Labute approximate surface area is 311 Å². The van der Waals surface area contributed by atoms with Gasteiger partial charge in [0.15, 0.2) is 18.9 Å². The van der Waals surface area contributed by atoms with Gasteiger partial charge in [0, 0.05) is 19.4 Å². The Morgan fingerprint density at radius 3 is 1.76 bits per heavy atom. The second-order valence-electron chi connectivity index (χ2n) is 12.7. The summed E-state index contributed by atoms with van der Waals surface area (Å²) >= 11 is 0. The molecule has 0 aromatic rings. The van der Waals surface area contributed by atoms with E-state index >= 15 is 0 Å². The van der Waals surface area contributed by atoms with Gasteiger partial charge in [-0.3, -0.25) is 14.4 Å². The first-order valence-electron chi connectivity index (χ1n) is 17.2. The quantitative estimate of drug-likeness (QED) is 0.0426. The lowest BCUT2D eigenvalue weighted by molar-refractivity contribution is -0.366. The monoisotopic (exact) mass is 804 g/mol. The third-order valence-corrected chi connectivity index (χ3v) is 8.79. The van der Waals surface area contributed by atoms with Crippen LogP contribution in [0.3, 0.4) is 0 Å². The van der Waals surface area contributed by atoms with Crippen molar-refractivity contribution in [3.63, 3.8) is 0 Å². The van der Waals surface area contributed by atoms with Gasteiger partial charge in [0.2, 0.25) is 5.91 Å². The Kier molecular flexibility index (Phi) is 17.4. The molecule has 15 atom stereocenters. The lowest BCUT2D eigenvalue weighted by Crippen LogP contribution is -2.65. The molecule has 4 heterocycles. The molecule has 0 aliphatic carbocycles. The number of aliphatic hydroxyl groups is 10. The summed E-state index contributed by atoms with van der Waals surface area (Å²) in [6.45, 7) is -4.07. The number of hydrogen-bond donors (Lipinski definition) is 11. The molecule has 0 aromatic heterocycles. The summed E-state index contributed by atoms with van der Waals surface area (Å²) in [5.41, 5.74) is 0. The molecule has 316 valence electrons. The van der Waals surface area contributed by atoms with Gasteiger partial charge in [0.25, 0.3) is 11.8 Å². The van der Waals surface area contributed by atoms with Crippen molar-refractivity contribution in [1.82, 2.24) is 10.4 Å². The number of nitrogens with one attached hydrogen (secondary N) is 1. The van der Waals surface area contributed by atoms with Gasteiger partial charge in [0.05, 0.1) is 39.6 Å². The van der Waals surface area contributed by atoms with E-state index in [1.54, 1.807) is 0 Å². The zero-order valence-electron chi connectivity index (χ0n) is 29.2. The number of aliphatic hydroxyl groups excluding tert-OH is 10. The summed E-state index contributed by atoms with van der Waals surface area (Å²) in [5, 5.41) is 105. The minimum Gasteiger partial charge on any atom is -0.394 e. The van der Waals surface area contributed by atoms with Crippen molar-refractivity contribution in [2.24, 2.45) is 0 Å². The van der Waals surface area contributed by atoms with Crippen LogP contribution < -0.4 is 5.32 Å². The average molecular weight is 805 g/mol. The highest BCUT2D eigenvalue weighted by Crippen LogP contribution is 2.31. The van der Waals surface area contributed by atoms with Crippen molar-refractivity contribution in [3.05, 3.63) is 0 Å².